The van der Waals surface area contributed by atoms with Gasteiger partial charge >= 0.3 is 7.12 Å². The third-order valence-electron chi connectivity index (χ3n) is 4.13. The molecule has 2 aromatic carbocycles. The first-order valence-electron chi connectivity index (χ1n) is 9.25. The first kappa shape index (κ1) is 22.6. The molecule has 0 aliphatic heterocycles. The number of nitrogens with one attached hydrogen (secondary N) is 1. The molecule has 2 rings (SSSR count). The van der Waals surface area contributed by atoms with Gasteiger partial charge in [-0.3, -0.25) is 15.0 Å². The Labute approximate surface area is 170 Å². The largest absolute Gasteiger partial charge is 0.491 e. The number of hydrogen-bond acceptors (Lipinski definition) is 4. The Morgan fingerprint density at radius 2 is 1.69 bits per heavy atom. The molecular formula is C21H26BFN2O4. The van der Waals surface area contributed by atoms with E-state index in [0.29, 0.717) is 5.56 Å². The summed E-state index contributed by atoms with van der Waals surface area (Å²) in [5.74, 6) is -2.32. The van der Waals surface area contributed by atoms with Gasteiger partial charge in [0.05, 0.1) is 5.56 Å². The quantitative estimate of drug-likeness (QED) is 0.541. The molecule has 6 nitrogen and oxygen atoms in total. The van der Waals surface area contributed by atoms with Gasteiger partial charge in [-0.25, -0.2) is 9.40 Å². The molecule has 154 valence electrons. The van der Waals surface area contributed by atoms with E-state index in [-0.39, 0.29) is 17.5 Å². The Morgan fingerprint density at radius 3 is 2.21 bits per heavy atom. The van der Waals surface area contributed by atoms with E-state index in [2.05, 4.69) is 5.43 Å². The standard InChI is InChI=1S/C21H26BFN2O4/c1-13-9-14(2)11-15(10-13)20(27)25(12-21(3,4)5)24-19(26)16-7-6-8-17(18(16)23)22(28)29/h6-11,28-29H,12H2,1-5H3,(H,24,26). The number of carbonyl (C=O) groups is 2. The van der Waals surface area contributed by atoms with Crippen molar-refractivity contribution < 1.29 is 24.0 Å². The van der Waals surface area contributed by atoms with Crippen LogP contribution in [-0.2, 0) is 0 Å². The number of rotatable bonds is 4. The summed E-state index contributed by atoms with van der Waals surface area (Å²) in [6.45, 7) is 9.66. The highest BCUT2D eigenvalue weighted by molar-refractivity contribution is 6.58. The third-order valence-corrected chi connectivity index (χ3v) is 4.13. The van der Waals surface area contributed by atoms with Crippen LogP contribution in [0.15, 0.2) is 36.4 Å². The lowest BCUT2D eigenvalue weighted by atomic mass is 9.79. The minimum atomic E-state index is -2.05. The van der Waals surface area contributed by atoms with Gasteiger partial charge in [-0.2, -0.15) is 0 Å². The molecule has 29 heavy (non-hydrogen) atoms. The average molecular weight is 400 g/mol. The van der Waals surface area contributed by atoms with Crippen LogP contribution < -0.4 is 10.9 Å². The van der Waals surface area contributed by atoms with Gasteiger partial charge in [0.2, 0.25) is 0 Å². The van der Waals surface area contributed by atoms with Crippen LogP contribution in [0.1, 0.15) is 52.6 Å². The minimum Gasteiger partial charge on any atom is -0.423 e. The van der Waals surface area contributed by atoms with Crippen molar-refractivity contribution in [1.82, 2.24) is 10.4 Å². The SMILES string of the molecule is Cc1cc(C)cc(C(=O)N(CC(C)(C)C)NC(=O)c2cccc(B(O)O)c2F)c1. The minimum absolute atomic E-state index is 0.189. The van der Waals surface area contributed by atoms with E-state index >= 15 is 0 Å². The lowest BCUT2D eigenvalue weighted by Gasteiger charge is -2.30. The normalized spacial score (nSPS) is 11.2. The van der Waals surface area contributed by atoms with Gasteiger partial charge in [0.15, 0.2) is 0 Å². The molecule has 2 amide bonds. The predicted molar refractivity (Wildman–Crippen MR) is 110 cm³/mol. The fourth-order valence-electron chi connectivity index (χ4n) is 3.00. The Bertz CT molecular complexity index is 905. The molecule has 0 saturated carbocycles. The first-order valence-corrected chi connectivity index (χ1v) is 9.25. The predicted octanol–water partition coefficient (Wildman–Crippen LogP) is 1.96. The highest BCUT2D eigenvalue weighted by Gasteiger charge is 2.27. The van der Waals surface area contributed by atoms with Crippen LogP contribution >= 0.6 is 0 Å². The van der Waals surface area contributed by atoms with Gasteiger partial charge in [-0.15, -0.1) is 0 Å². The number of amides is 2. The van der Waals surface area contributed by atoms with Gasteiger partial charge in [-0.05, 0) is 37.5 Å². The van der Waals surface area contributed by atoms with Crippen LogP contribution in [0.3, 0.4) is 0 Å². The zero-order chi connectivity index (χ0) is 21.9. The van der Waals surface area contributed by atoms with E-state index in [9.17, 15) is 24.0 Å². The van der Waals surface area contributed by atoms with Crippen molar-refractivity contribution in [3.63, 3.8) is 0 Å². The Kier molecular flexibility index (Phi) is 6.82. The molecule has 0 aromatic heterocycles. The van der Waals surface area contributed by atoms with Crippen molar-refractivity contribution in [2.45, 2.75) is 34.6 Å². The lowest BCUT2D eigenvalue weighted by Crippen LogP contribution is -2.50. The summed E-state index contributed by atoms with van der Waals surface area (Å²) in [5, 5.41) is 19.7. The number of carbonyl (C=O) groups excluding carboxylic acids is 2. The summed E-state index contributed by atoms with van der Waals surface area (Å²) in [5.41, 5.74) is 3.56. The smallest absolute Gasteiger partial charge is 0.423 e. The summed E-state index contributed by atoms with van der Waals surface area (Å²) < 4.78 is 14.5. The number of nitrogens with zero attached hydrogens (tertiary/aromatic N) is 1. The zero-order valence-electron chi connectivity index (χ0n) is 17.3. The molecule has 8 heteroatoms. The number of benzene rings is 2. The van der Waals surface area contributed by atoms with Gasteiger partial charge in [-0.1, -0.05) is 50.1 Å². The second kappa shape index (κ2) is 8.76. The molecular weight excluding hydrogens is 374 g/mol. The fourth-order valence-corrected chi connectivity index (χ4v) is 3.00. The van der Waals surface area contributed by atoms with Gasteiger partial charge < -0.3 is 10.0 Å². The number of aryl methyl sites for hydroxylation is 2. The maximum Gasteiger partial charge on any atom is 0.491 e. The third kappa shape index (κ3) is 5.89. The van der Waals surface area contributed by atoms with E-state index in [4.69, 9.17) is 0 Å². The molecule has 2 aromatic rings. The van der Waals surface area contributed by atoms with Gasteiger partial charge in [0.25, 0.3) is 11.8 Å². The zero-order valence-corrected chi connectivity index (χ0v) is 17.3. The molecule has 0 fully saturated rings. The van der Waals surface area contributed by atoms with E-state index in [0.717, 1.165) is 16.1 Å². The molecule has 0 radical (unpaired) electrons. The van der Waals surface area contributed by atoms with Crippen molar-refractivity contribution in [2.75, 3.05) is 6.54 Å². The fraction of sp³-hybridized carbons (Fsp3) is 0.333. The lowest BCUT2D eigenvalue weighted by molar-refractivity contribution is 0.0507. The summed E-state index contributed by atoms with van der Waals surface area (Å²) in [7, 11) is -2.05. The van der Waals surface area contributed by atoms with Crippen LogP contribution in [-0.4, -0.2) is 40.5 Å². The van der Waals surface area contributed by atoms with Crippen LogP contribution in [0.4, 0.5) is 4.39 Å². The molecule has 0 aliphatic rings. The van der Waals surface area contributed by atoms with E-state index in [1.165, 1.54) is 18.2 Å². The molecule has 0 spiro atoms. The molecule has 3 N–H and O–H groups in total. The summed E-state index contributed by atoms with van der Waals surface area (Å²) >= 11 is 0. The summed E-state index contributed by atoms with van der Waals surface area (Å²) in [6, 6.07) is 9.11. The highest BCUT2D eigenvalue weighted by atomic mass is 19.1. The van der Waals surface area contributed by atoms with E-state index in [1.807, 2.05) is 40.7 Å². The summed E-state index contributed by atoms with van der Waals surface area (Å²) in [4.78, 5) is 25.8. The molecule has 0 aliphatic carbocycles. The number of hydrogen-bond donors (Lipinski definition) is 3. The topological polar surface area (TPSA) is 89.9 Å². The Morgan fingerprint density at radius 1 is 1.10 bits per heavy atom. The van der Waals surface area contributed by atoms with E-state index in [1.54, 1.807) is 12.1 Å². The maximum atomic E-state index is 14.5. The molecule has 0 atom stereocenters. The van der Waals surface area contributed by atoms with Crippen LogP contribution in [0.25, 0.3) is 0 Å². The molecule has 0 bridgehead atoms. The van der Waals surface area contributed by atoms with Crippen molar-refractivity contribution >= 4 is 24.4 Å². The maximum absolute atomic E-state index is 14.5. The number of halogens is 1. The van der Waals surface area contributed by atoms with Crippen molar-refractivity contribution in [1.29, 1.82) is 0 Å². The van der Waals surface area contributed by atoms with Gasteiger partial charge in [0, 0.05) is 17.6 Å². The Hall–Kier alpha value is -2.71. The highest BCUT2D eigenvalue weighted by Crippen LogP contribution is 2.18. The average Bonchev–Trinajstić information content (AvgIpc) is 2.58. The molecule has 0 saturated heterocycles. The van der Waals surface area contributed by atoms with Crippen molar-refractivity contribution in [2.24, 2.45) is 5.41 Å². The first-order chi connectivity index (χ1) is 13.4. The van der Waals surface area contributed by atoms with Crippen molar-refractivity contribution in [3.05, 3.63) is 64.5 Å². The van der Waals surface area contributed by atoms with Crippen LogP contribution in [0.2, 0.25) is 0 Å². The number of hydrazine groups is 1. The Balaban J connectivity index is 2.37. The van der Waals surface area contributed by atoms with Crippen LogP contribution in [0.5, 0.6) is 0 Å². The molecule has 0 unspecified atom stereocenters. The molecule has 0 heterocycles. The van der Waals surface area contributed by atoms with Crippen molar-refractivity contribution in [3.8, 4) is 0 Å². The second-order valence-electron chi connectivity index (χ2n) is 8.35. The van der Waals surface area contributed by atoms with Gasteiger partial charge in [0.1, 0.15) is 5.82 Å². The van der Waals surface area contributed by atoms with E-state index < -0.39 is 30.2 Å². The monoisotopic (exact) mass is 400 g/mol. The van der Waals surface area contributed by atoms with Crippen LogP contribution in [0, 0.1) is 25.1 Å². The summed E-state index contributed by atoms with van der Waals surface area (Å²) in [6.07, 6.45) is 0. The second-order valence-corrected chi connectivity index (χ2v) is 8.35.